The molecule has 1 aliphatic heterocycles. The number of nitrogens with zero attached hydrogens (tertiary/aromatic N) is 1. The number of hydrogen-bond acceptors (Lipinski definition) is 6. The first kappa shape index (κ1) is 21.1. The highest BCUT2D eigenvalue weighted by Gasteiger charge is 2.46. The summed E-state index contributed by atoms with van der Waals surface area (Å²) in [5.74, 6) is -0.905. The number of carboxylic acid groups (broad SMARTS) is 1. The van der Waals surface area contributed by atoms with Gasteiger partial charge in [-0.2, -0.15) is 0 Å². The van der Waals surface area contributed by atoms with Crippen LogP contribution in [0.3, 0.4) is 0 Å². The Morgan fingerprint density at radius 1 is 1.13 bits per heavy atom. The van der Waals surface area contributed by atoms with Crippen LogP contribution < -0.4 is 4.74 Å². The highest BCUT2D eigenvalue weighted by molar-refractivity contribution is 5.78. The van der Waals surface area contributed by atoms with Gasteiger partial charge in [0.1, 0.15) is 11.5 Å². The second kappa shape index (κ2) is 8.91. The van der Waals surface area contributed by atoms with Crippen LogP contribution in [-0.4, -0.2) is 35.9 Å². The minimum Gasteiger partial charge on any atom is -0.493 e. The molecule has 0 saturated carbocycles. The van der Waals surface area contributed by atoms with E-state index in [2.05, 4.69) is 4.98 Å². The van der Waals surface area contributed by atoms with Crippen LogP contribution in [0, 0.1) is 13.8 Å². The molecule has 31 heavy (non-hydrogen) atoms. The van der Waals surface area contributed by atoms with Crippen molar-refractivity contribution in [3.05, 3.63) is 71.1 Å². The predicted octanol–water partition coefficient (Wildman–Crippen LogP) is 4.25. The van der Waals surface area contributed by atoms with E-state index in [0.29, 0.717) is 49.9 Å². The Morgan fingerprint density at radius 2 is 1.87 bits per heavy atom. The van der Waals surface area contributed by atoms with Gasteiger partial charge in [-0.05, 0) is 56.2 Å². The number of aliphatic carboxylic acids is 1. The van der Waals surface area contributed by atoms with Crippen LogP contribution in [0.1, 0.15) is 29.0 Å². The Kier molecular flexibility index (Phi) is 6.06. The van der Waals surface area contributed by atoms with Crippen molar-refractivity contribution < 1.29 is 28.5 Å². The summed E-state index contributed by atoms with van der Waals surface area (Å²) < 4.78 is 22.8. The molecule has 1 fully saturated rings. The molecule has 1 aliphatic rings. The van der Waals surface area contributed by atoms with E-state index >= 15 is 0 Å². The third-order valence-corrected chi connectivity index (χ3v) is 5.25. The molecule has 7 heteroatoms. The van der Waals surface area contributed by atoms with Gasteiger partial charge in [0, 0.05) is 17.5 Å². The van der Waals surface area contributed by atoms with E-state index in [1.807, 2.05) is 44.2 Å². The number of carbonyl (C=O) groups is 1. The maximum Gasteiger partial charge on any atom is 0.369 e. The van der Waals surface area contributed by atoms with Crippen molar-refractivity contribution in [1.29, 1.82) is 0 Å². The zero-order chi connectivity index (χ0) is 21.8. The van der Waals surface area contributed by atoms with Gasteiger partial charge in [0.2, 0.25) is 5.89 Å². The standard InChI is InChI=1S/C24H25NO6/c1-16-15-19(9-10-20(16)24(23(26)27)29-12-6-13-30-24)28-14-11-21-17(2)31-22(25-21)18-7-4-3-5-8-18/h3-5,7-10,15H,6,11-14H2,1-2H3,(H,26,27). The van der Waals surface area contributed by atoms with Crippen LogP contribution in [0.4, 0.5) is 0 Å². The SMILES string of the molecule is Cc1cc(OCCc2nc(-c3ccccc3)oc2C)ccc1C1(C(=O)O)OCCCO1. The van der Waals surface area contributed by atoms with Gasteiger partial charge in [0.15, 0.2) is 0 Å². The summed E-state index contributed by atoms with van der Waals surface area (Å²) >= 11 is 0. The molecule has 4 rings (SSSR count). The van der Waals surface area contributed by atoms with Crippen molar-refractivity contribution in [1.82, 2.24) is 4.98 Å². The van der Waals surface area contributed by atoms with Gasteiger partial charge in [-0.3, -0.25) is 0 Å². The van der Waals surface area contributed by atoms with Crippen molar-refractivity contribution in [2.45, 2.75) is 32.5 Å². The fraction of sp³-hybridized carbons (Fsp3) is 0.333. The normalized spacial score (nSPS) is 15.5. The quantitative estimate of drug-likeness (QED) is 0.607. The first-order valence-corrected chi connectivity index (χ1v) is 10.3. The van der Waals surface area contributed by atoms with Gasteiger partial charge >= 0.3 is 5.97 Å². The Labute approximate surface area is 180 Å². The molecular weight excluding hydrogens is 398 g/mol. The molecule has 0 unspecified atom stereocenters. The number of aromatic nitrogens is 1. The zero-order valence-electron chi connectivity index (χ0n) is 17.6. The average molecular weight is 423 g/mol. The first-order valence-electron chi connectivity index (χ1n) is 10.3. The van der Waals surface area contributed by atoms with Gasteiger partial charge in [-0.15, -0.1) is 0 Å². The van der Waals surface area contributed by atoms with Crippen molar-refractivity contribution in [3.63, 3.8) is 0 Å². The molecular formula is C24H25NO6. The van der Waals surface area contributed by atoms with Gasteiger partial charge in [0.25, 0.3) is 5.79 Å². The summed E-state index contributed by atoms with van der Waals surface area (Å²) in [5, 5.41) is 9.72. The minimum atomic E-state index is -1.76. The molecule has 3 aromatic rings. The maximum absolute atomic E-state index is 11.9. The lowest BCUT2D eigenvalue weighted by Crippen LogP contribution is -2.45. The van der Waals surface area contributed by atoms with Crippen molar-refractivity contribution in [2.24, 2.45) is 0 Å². The number of carboxylic acids is 1. The molecule has 0 radical (unpaired) electrons. The Bertz CT molecular complexity index is 1050. The van der Waals surface area contributed by atoms with Gasteiger partial charge < -0.3 is 23.7 Å². The Morgan fingerprint density at radius 3 is 2.55 bits per heavy atom. The summed E-state index contributed by atoms with van der Waals surface area (Å²) in [5.41, 5.74) is 2.99. The fourth-order valence-corrected chi connectivity index (χ4v) is 3.65. The third kappa shape index (κ3) is 4.33. The molecule has 162 valence electrons. The number of oxazole rings is 1. The number of ether oxygens (including phenoxy) is 3. The molecule has 7 nitrogen and oxygen atoms in total. The number of hydrogen-bond donors (Lipinski definition) is 1. The van der Waals surface area contributed by atoms with Crippen LogP contribution >= 0.6 is 0 Å². The molecule has 0 bridgehead atoms. The first-order chi connectivity index (χ1) is 15.0. The monoisotopic (exact) mass is 423 g/mol. The lowest BCUT2D eigenvalue weighted by Gasteiger charge is -2.34. The smallest absolute Gasteiger partial charge is 0.369 e. The largest absolute Gasteiger partial charge is 0.493 e. The second-order valence-corrected chi connectivity index (χ2v) is 7.44. The van der Waals surface area contributed by atoms with E-state index in [0.717, 1.165) is 22.6 Å². The molecule has 2 aromatic carbocycles. The topological polar surface area (TPSA) is 91.0 Å². The summed E-state index contributed by atoms with van der Waals surface area (Å²) in [6.07, 6.45) is 1.26. The highest BCUT2D eigenvalue weighted by Crippen LogP contribution is 2.35. The molecule has 0 aliphatic carbocycles. The van der Waals surface area contributed by atoms with Crippen LogP contribution in [0.5, 0.6) is 5.75 Å². The predicted molar refractivity (Wildman–Crippen MR) is 113 cm³/mol. The molecule has 2 heterocycles. The minimum absolute atomic E-state index is 0.339. The van der Waals surface area contributed by atoms with E-state index in [4.69, 9.17) is 18.6 Å². The van der Waals surface area contributed by atoms with E-state index in [1.54, 1.807) is 18.2 Å². The lowest BCUT2D eigenvalue weighted by molar-refractivity contribution is -0.273. The highest BCUT2D eigenvalue weighted by atomic mass is 16.7. The number of rotatable bonds is 7. The summed E-state index contributed by atoms with van der Waals surface area (Å²) in [6, 6.07) is 15.0. The van der Waals surface area contributed by atoms with Crippen LogP contribution in [0.15, 0.2) is 52.9 Å². The van der Waals surface area contributed by atoms with Crippen LogP contribution in [0.2, 0.25) is 0 Å². The molecule has 1 N–H and O–H groups in total. The number of aryl methyl sites for hydroxylation is 2. The summed E-state index contributed by atoms with van der Waals surface area (Å²) in [7, 11) is 0. The van der Waals surface area contributed by atoms with Crippen molar-refractivity contribution >= 4 is 5.97 Å². The lowest BCUT2D eigenvalue weighted by atomic mass is 9.99. The van der Waals surface area contributed by atoms with E-state index in [-0.39, 0.29) is 0 Å². The second-order valence-electron chi connectivity index (χ2n) is 7.44. The van der Waals surface area contributed by atoms with Gasteiger partial charge in [0.05, 0.1) is 25.5 Å². The number of benzene rings is 2. The zero-order valence-corrected chi connectivity index (χ0v) is 17.6. The molecule has 0 atom stereocenters. The van der Waals surface area contributed by atoms with E-state index in [1.165, 1.54) is 0 Å². The molecule has 1 aromatic heterocycles. The summed E-state index contributed by atoms with van der Waals surface area (Å²) in [6.45, 7) is 4.81. The van der Waals surface area contributed by atoms with E-state index in [9.17, 15) is 9.90 Å². The molecule has 1 saturated heterocycles. The van der Waals surface area contributed by atoms with E-state index < -0.39 is 11.8 Å². The van der Waals surface area contributed by atoms with Gasteiger partial charge in [-0.1, -0.05) is 18.2 Å². The molecule has 0 spiro atoms. The maximum atomic E-state index is 11.9. The van der Waals surface area contributed by atoms with Gasteiger partial charge in [-0.25, -0.2) is 9.78 Å². The summed E-state index contributed by atoms with van der Waals surface area (Å²) in [4.78, 5) is 16.5. The Balaban J connectivity index is 1.43. The average Bonchev–Trinajstić information content (AvgIpc) is 3.15. The van der Waals surface area contributed by atoms with Crippen LogP contribution in [0.25, 0.3) is 11.5 Å². The fourth-order valence-electron chi connectivity index (χ4n) is 3.65. The third-order valence-electron chi connectivity index (χ3n) is 5.25. The van der Waals surface area contributed by atoms with Crippen molar-refractivity contribution in [3.8, 4) is 17.2 Å². The molecule has 0 amide bonds. The Hall–Kier alpha value is -3.16. The van der Waals surface area contributed by atoms with Crippen molar-refractivity contribution in [2.75, 3.05) is 19.8 Å². The van der Waals surface area contributed by atoms with Crippen LogP contribution in [-0.2, 0) is 26.5 Å².